The minimum atomic E-state index is 0.122. The van der Waals surface area contributed by atoms with Crippen LogP contribution in [-0.2, 0) is 11.3 Å². The van der Waals surface area contributed by atoms with Gasteiger partial charge in [-0.25, -0.2) is 0 Å². The van der Waals surface area contributed by atoms with Crippen molar-refractivity contribution in [3.63, 3.8) is 0 Å². The first-order valence-corrected chi connectivity index (χ1v) is 9.33. The molecule has 28 heavy (non-hydrogen) atoms. The van der Waals surface area contributed by atoms with Gasteiger partial charge in [0.2, 0.25) is 11.6 Å². The van der Waals surface area contributed by atoms with Crippen LogP contribution in [0.25, 0.3) is 11.7 Å². The summed E-state index contributed by atoms with van der Waals surface area (Å²) in [4.78, 5) is 4.20. The van der Waals surface area contributed by atoms with Gasteiger partial charge in [0.05, 0.1) is 11.1 Å². The molecule has 0 spiro atoms. The fourth-order valence-corrected chi connectivity index (χ4v) is 3.10. The van der Waals surface area contributed by atoms with Gasteiger partial charge in [-0.05, 0) is 37.1 Å². The lowest BCUT2D eigenvalue weighted by molar-refractivity contribution is 0.120. The van der Waals surface area contributed by atoms with Gasteiger partial charge in [-0.3, -0.25) is 0 Å². The van der Waals surface area contributed by atoms with Crippen LogP contribution in [0.3, 0.4) is 0 Å². The predicted molar refractivity (Wildman–Crippen MR) is 102 cm³/mol. The van der Waals surface area contributed by atoms with E-state index in [0.717, 1.165) is 19.4 Å². The van der Waals surface area contributed by atoms with Crippen molar-refractivity contribution in [2.75, 3.05) is 18.5 Å². The Bertz CT molecular complexity index is 985. The van der Waals surface area contributed by atoms with E-state index in [9.17, 15) is 5.26 Å². The molecular weight excluding hydrogens is 382 g/mol. The Morgan fingerprint density at radius 3 is 2.93 bits per heavy atom. The van der Waals surface area contributed by atoms with Crippen LogP contribution >= 0.6 is 11.6 Å². The van der Waals surface area contributed by atoms with Gasteiger partial charge in [0.15, 0.2) is 5.76 Å². The molecule has 1 aliphatic rings. The first-order valence-electron chi connectivity index (χ1n) is 8.96. The highest BCUT2D eigenvalue weighted by Crippen LogP contribution is 2.29. The zero-order valence-corrected chi connectivity index (χ0v) is 15.7. The number of nitrogens with zero attached hydrogens (tertiary/aromatic N) is 2. The molecule has 144 valence electrons. The summed E-state index contributed by atoms with van der Waals surface area (Å²) in [5.41, 5.74) is 0.179. The van der Waals surface area contributed by atoms with E-state index in [-0.39, 0.29) is 24.3 Å². The zero-order valence-electron chi connectivity index (χ0n) is 15.0. The van der Waals surface area contributed by atoms with E-state index in [0.29, 0.717) is 34.7 Å². The Morgan fingerprint density at radius 2 is 2.14 bits per heavy atom. The standard InChI is InChI=1S/C20H18ClN3O4/c21-15-5-1-2-6-17(15)26-12-14-7-8-18(27-14)20-24-16(10-22)19(28-20)23-11-13-4-3-9-25-13/h1-2,5-8,13,23H,3-4,9,11-12H2. The number of furan rings is 1. The van der Waals surface area contributed by atoms with Crippen LogP contribution in [0.5, 0.6) is 5.75 Å². The predicted octanol–water partition coefficient (Wildman–Crippen LogP) is 4.63. The van der Waals surface area contributed by atoms with E-state index in [2.05, 4.69) is 10.3 Å². The third-order valence-electron chi connectivity index (χ3n) is 4.33. The highest BCUT2D eigenvalue weighted by molar-refractivity contribution is 6.32. The Labute approximate surface area is 166 Å². The number of ether oxygens (including phenoxy) is 2. The monoisotopic (exact) mass is 399 g/mol. The molecule has 1 aliphatic heterocycles. The van der Waals surface area contributed by atoms with Gasteiger partial charge in [0.1, 0.15) is 24.2 Å². The van der Waals surface area contributed by atoms with Crippen molar-refractivity contribution < 1.29 is 18.3 Å². The molecule has 1 atom stereocenters. The molecule has 1 fully saturated rings. The molecule has 0 radical (unpaired) electrons. The topological polar surface area (TPSA) is 93.5 Å². The maximum atomic E-state index is 9.31. The Hall–Kier alpha value is -2.95. The average molecular weight is 400 g/mol. The lowest BCUT2D eigenvalue weighted by Crippen LogP contribution is -2.18. The summed E-state index contributed by atoms with van der Waals surface area (Å²) < 4.78 is 22.7. The van der Waals surface area contributed by atoms with Crippen molar-refractivity contribution >= 4 is 17.5 Å². The molecule has 0 amide bonds. The fourth-order valence-electron chi connectivity index (χ4n) is 2.91. The van der Waals surface area contributed by atoms with Crippen molar-refractivity contribution in [2.24, 2.45) is 0 Å². The third kappa shape index (κ3) is 4.14. The second-order valence-corrected chi connectivity index (χ2v) is 6.72. The number of halogens is 1. The summed E-state index contributed by atoms with van der Waals surface area (Å²) in [5, 5.41) is 12.9. The number of anilines is 1. The number of rotatable bonds is 7. The quantitative estimate of drug-likeness (QED) is 0.618. The van der Waals surface area contributed by atoms with Crippen LogP contribution in [0.1, 0.15) is 24.3 Å². The van der Waals surface area contributed by atoms with Crippen LogP contribution in [0, 0.1) is 11.3 Å². The number of hydrogen-bond acceptors (Lipinski definition) is 7. The zero-order chi connectivity index (χ0) is 19.3. The van der Waals surface area contributed by atoms with E-state index in [1.165, 1.54) is 0 Å². The third-order valence-corrected chi connectivity index (χ3v) is 4.64. The van der Waals surface area contributed by atoms with Crippen LogP contribution < -0.4 is 10.1 Å². The minimum absolute atomic E-state index is 0.122. The van der Waals surface area contributed by atoms with Crippen molar-refractivity contribution in [1.29, 1.82) is 5.26 Å². The lowest BCUT2D eigenvalue weighted by Gasteiger charge is -2.09. The Balaban J connectivity index is 1.43. The van der Waals surface area contributed by atoms with Crippen molar-refractivity contribution in [3.8, 4) is 23.5 Å². The van der Waals surface area contributed by atoms with Gasteiger partial charge in [-0.2, -0.15) is 10.2 Å². The molecule has 0 aliphatic carbocycles. The van der Waals surface area contributed by atoms with Crippen LogP contribution in [0.4, 0.5) is 5.88 Å². The van der Waals surface area contributed by atoms with E-state index < -0.39 is 0 Å². The molecule has 4 rings (SSSR count). The number of oxazole rings is 1. The molecule has 0 bridgehead atoms. The summed E-state index contributed by atoms with van der Waals surface area (Å²) >= 11 is 6.08. The Kier molecular flexibility index (Phi) is 5.51. The summed E-state index contributed by atoms with van der Waals surface area (Å²) in [6.07, 6.45) is 2.16. The smallest absolute Gasteiger partial charge is 0.266 e. The van der Waals surface area contributed by atoms with Crippen molar-refractivity contribution in [2.45, 2.75) is 25.6 Å². The number of benzene rings is 1. The van der Waals surface area contributed by atoms with Crippen LogP contribution in [0.2, 0.25) is 5.02 Å². The van der Waals surface area contributed by atoms with Crippen LogP contribution in [-0.4, -0.2) is 24.2 Å². The van der Waals surface area contributed by atoms with E-state index >= 15 is 0 Å². The van der Waals surface area contributed by atoms with Gasteiger partial charge >= 0.3 is 0 Å². The summed E-state index contributed by atoms with van der Waals surface area (Å²) in [6, 6.07) is 12.7. The van der Waals surface area contributed by atoms with E-state index in [4.69, 9.17) is 29.9 Å². The molecule has 7 nitrogen and oxygen atoms in total. The van der Waals surface area contributed by atoms with E-state index in [1.54, 1.807) is 24.3 Å². The normalized spacial score (nSPS) is 16.1. The number of aromatic nitrogens is 1. The highest BCUT2D eigenvalue weighted by Gasteiger charge is 2.20. The highest BCUT2D eigenvalue weighted by atomic mass is 35.5. The average Bonchev–Trinajstić information content (AvgIpc) is 3.45. The molecule has 1 aromatic carbocycles. The molecule has 1 saturated heterocycles. The number of para-hydroxylation sites is 1. The molecule has 0 saturated carbocycles. The first-order chi connectivity index (χ1) is 13.7. The minimum Gasteiger partial charge on any atom is -0.484 e. The van der Waals surface area contributed by atoms with Gasteiger partial charge in [0, 0.05) is 13.2 Å². The number of hydrogen-bond donors (Lipinski definition) is 1. The number of nitriles is 1. The van der Waals surface area contributed by atoms with Crippen LogP contribution in [0.15, 0.2) is 45.2 Å². The molecule has 1 unspecified atom stereocenters. The van der Waals surface area contributed by atoms with Crippen molar-refractivity contribution in [3.05, 3.63) is 52.9 Å². The summed E-state index contributed by atoms with van der Waals surface area (Å²) in [5.74, 6) is 2.12. The second-order valence-electron chi connectivity index (χ2n) is 6.31. The van der Waals surface area contributed by atoms with Gasteiger partial charge in [-0.15, -0.1) is 0 Å². The first kappa shape index (κ1) is 18.4. The summed E-state index contributed by atoms with van der Waals surface area (Å²) in [7, 11) is 0. The Morgan fingerprint density at radius 1 is 1.25 bits per heavy atom. The molecular formula is C20H18ClN3O4. The molecule has 2 aromatic heterocycles. The fraction of sp³-hybridized carbons (Fsp3) is 0.300. The van der Waals surface area contributed by atoms with Crippen molar-refractivity contribution in [1.82, 2.24) is 4.98 Å². The lowest BCUT2D eigenvalue weighted by atomic mass is 10.2. The number of nitrogens with one attached hydrogen (secondary N) is 1. The maximum Gasteiger partial charge on any atom is 0.266 e. The van der Waals surface area contributed by atoms with Gasteiger partial charge < -0.3 is 23.6 Å². The van der Waals surface area contributed by atoms with E-state index in [1.807, 2.05) is 18.2 Å². The molecule has 8 heteroatoms. The molecule has 1 N–H and O–H groups in total. The molecule has 3 heterocycles. The maximum absolute atomic E-state index is 9.31. The van der Waals surface area contributed by atoms with Gasteiger partial charge in [-0.1, -0.05) is 23.7 Å². The second kappa shape index (κ2) is 8.38. The SMILES string of the molecule is N#Cc1nc(-c2ccc(COc3ccccc3Cl)o2)oc1NCC1CCCO1. The molecule has 3 aromatic rings. The van der Waals surface area contributed by atoms with Gasteiger partial charge in [0.25, 0.3) is 5.89 Å². The summed E-state index contributed by atoms with van der Waals surface area (Å²) in [6.45, 7) is 1.54. The largest absolute Gasteiger partial charge is 0.484 e.